The topological polar surface area (TPSA) is 9.23 Å². The van der Waals surface area contributed by atoms with Crippen molar-refractivity contribution in [2.75, 3.05) is 6.61 Å². The molecule has 1 nitrogen and oxygen atoms in total. The first-order chi connectivity index (χ1) is 16.1. The van der Waals surface area contributed by atoms with Crippen molar-refractivity contribution in [2.24, 2.45) is 11.8 Å². The zero-order chi connectivity index (χ0) is 24.7. The van der Waals surface area contributed by atoms with Crippen LogP contribution in [0, 0.1) is 23.5 Å². The predicted molar refractivity (Wildman–Crippen MR) is 119 cm³/mol. The second kappa shape index (κ2) is 9.46. The first-order valence-electron chi connectivity index (χ1n) is 12.2. The maximum atomic E-state index is 15.4. The zero-order valence-electron chi connectivity index (χ0n) is 19.5. The number of halogens is 6. The molecule has 2 aromatic rings. The fraction of sp³-hybridized carbons (Fsp3) is 0.556. The van der Waals surface area contributed by atoms with Crippen LogP contribution in [0.5, 0.6) is 5.75 Å². The Labute approximate surface area is 196 Å². The molecule has 0 spiro atoms. The molecule has 2 aromatic carbocycles. The van der Waals surface area contributed by atoms with E-state index < -0.39 is 51.5 Å². The maximum absolute atomic E-state index is 15.4. The highest BCUT2D eigenvalue weighted by atomic mass is 19.3. The Morgan fingerprint density at radius 2 is 1.29 bits per heavy atom. The summed E-state index contributed by atoms with van der Waals surface area (Å²) >= 11 is 0. The van der Waals surface area contributed by atoms with Crippen molar-refractivity contribution in [3.8, 4) is 16.9 Å². The molecule has 34 heavy (non-hydrogen) atoms. The van der Waals surface area contributed by atoms with Gasteiger partial charge < -0.3 is 4.74 Å². The molecule has 186 valence electrons. The van der Waals surface area contributed by atoms with Gasteiger partial charge in [-0.2, -0.15) is 17.6 Å². The minimum atomic E-state index is -4.93. The fourth-order valence-electron chi connectivity index (χ4n) is 5.59. The van der Waals surface area contributed by atoms with E-state index in [0.717, 1.165) is 44.2 Å². The van der Waals surface area contributed by atoms with E-state index >= 15 is 22.0 Å². The van der Waals surface area contributed by atoms with E-state index in [1.807, 2.05) is 0 Å². The summed E-state index contributed by atoms with van der Waals surface area (Å²) < 4.78 is 95.4. The first kappa shape index (κ1) is 24.9. The number of fused-ring (bicyclic) bond motifs is 3. The molecule has 7 heteroatoms. The number of ether oxygens (including phenoxy) is 1. The van der Waals surface area contributed by atoms with Crippen LogP contribution in [-0.4, -0.2) is 6.61 Å². The van der Waals surface area contributed by atoms with Gasteiger partial charge in [0.05, 0.1) is 17.7 Å². The molecule has 0 bridgehead atoms. The molecule has 2 aliphatic carbocycles. The molecule has 0 amide bonds. The molecule has 0 radical (unpaired) electrons. The molecule has 1 fully saturated rings. The number of aryl methyl sites for hydroxylation is 1. The lowest BCUT2D eigenvalue weighted by atomic mass is 9.77. The van der Waals surface area contributed by atoms with Gasteiger partial charge in [0.15, 0.2) is 11.6 Å². The summed E-state index contributed by atoms with van der Waals surface area (Å²) in [6.45, 7) is 3.66. The highest BCUT2D eigenvalue weighted by molar-refractivity contribution is 5.77. The minimum absolute atomic E-state index is 0.000218. The Morgan fingerprint density at radius 3 is 1.85 bits per heavy atom. The van der Waals surface area contributed by atoms with Gasteiger partial charge in [0, 0.05) is 0 Å². The lowest BCUT2D eigenvalue weighted by Crippen LogP contribution is -2.41. The van der Waals surface area contributed by atoms with Crippen molar-refractivity contribution in [1.29, 1.82) is 0 Å². The van der Waals surface area contributed by atoms with Gasteiger partial charge in [0.2, 0.25) is 0 Å². The van der Waals surface area contributed by atoms with Gasteiger partial charge in [-0.15, -0.1) is 0 Å². The predicted octanol–water partition coefficient (Wildman–Crippen LogP) is 8.77. The van der Waals surface area contributed by atoms with Crippen LogP contribution >= 0.6 is 0 Å². The smallest absolute Gasteiger partial charge is 0.343 e. The lowest BCUT2D eigenvalue weighted by molar-refractivity contribution is -0.228. The van der Waals surface area contributed by atoms with Crippen LogP contribution < -0.4 is 4.74 Å². The third kappa shape index (κ3) is 4.09. The molecule has 0 N–H and O–H groups in total. The maximum Gasteiger partial charge on any atom is 0.343 e. The van der Waals surface area contributed by atoms with Crippen molar-refractivity contribution in [2.45, 2.75) is 77.1 Å². The Balaban J connectivity index is 1.66. The van der Waals surface area contributed by atoms with Crippen molar-refractivity contribution in [1.82, 2.24) is 0 Å². The van der Waals surface area contributed by atoms with Gasteiger partial charge >= 0.3 is 11.8 Å². The molecule has 2 aliphatic rings. The SMILES string of the molecule is CCCC1CCC(CCc2ccc3c(c2F)C(F)(F)C(F)(F)c2c-3ccc(OCC)c2F)CC1. The van der Waals surface area contributed by atoms with Crippen LogP contribution in [0.3, 0.4) is 0 Å². The Bertz CT molecular complexity index is 1040. The normalized spacial score (nSPS) is 22.7. The average Bonchev–Trinajstić information content (AvgIpc) is 2.79. The number of hydrogen-bond donors (Lipinski definition) is 0. The summed E-state index contributed by atoms with van der Waals surface area (Å²) in [5.74, 6) is -12.1. The van der Waals surface area contributed by atoms with E-state index in [2.05, 4.69) is 6.92 Å². The Kier molecular flexibility index (Phi) is 6.94. The molecule has 1 saturated carbocycles. The second-order valence-corrected chi connectivity index (χ2v) is 9.56. The van der Waals surface area contributed by atoms with Crippen LogP contribution in [0.2, 0.25) is 0 Å². The molecule has 0 aliphatic heterocycles. The summed E-state index contributed by atoms with van der Waals surface area (Å²) in [6.07, 6.45) is 7.43. The van der Waals surface area contributed by atoms with Crippen LogP contribution in [0.4, 0.5) is 26.3 Å². The summed E-state index contributed by atoms with van der Waals surface area (Å²) in [5.41, 5.74) is -3.65. The van der Waals surface area contributed by atoms with Gasteiger partial charge in [0.25, 0.3) is 0 Å². The quantitative estimate of drug-likeness (QED) is 0.357. The molecule has 0 heterocycles. The van der Waals surface area contributed by atoms with Crippen LogP contribution in [0.1, 0.15) is 75.5 Å². The van der Waals surface area contributed by atoms with E-state index in [-0.39, 0.29) is 18.6 Å². The van der Waals surface area contributed by atoms with Crippen molar-refractivity contribution < 1.29 is 31.1 Å². The van der Waals surface area contributed by atoms with Gasteiger partial charge in [-0.05, 0) is 60.4 Å². The highest BCUT2D eigenvalue weighted by Crippen LogP contribution is 2.60. The number of rotatable bonds is 7. The highest BCUT2D eigenvalue weighted by Gasteiger charge is 2.65. The van der Waals surface area contributed by atoms with Crippen LogP contribution in [0.25, 0.3) is 11.1 Å². The van der Waals surface area contributed by atoms with E-state index in [1.165, 1.54) is 25.5 Å². The molecular weight excluding hydrogens is 454 g/mol. The number of benzene rings is 2. The van der Waals surface area contributed by atoms with E-state index in [1.54, 1.807) is 0 Å². The molecule has 4 rings (SSSR count). The van der Waals surface area contributed by atoms with Gasteiger partial charge in [0.1, 0.15) is 5.82 Å². The molecule has 0 atom stereocenters. The molecule has 0 aromatic heterocycles. The van der Waals surface area contributed by atoms with Gasteiger partial charge in [-0.25, -0.2) is 8.78 Å². The Hall–Kier alpha value is -2.18. The number of hydrogen-bond acceptors (Lipinski definition) is 1. The van der Waals surface area contributed by atoms with Gasteiger partial charge in [-0.1, -0.05) is 57.6 Å². The second-order valence-electron chi connectivity index (χ2n) is 9.56. The van der Waals surface area contributed by atoms with Crippen molar-refractivity contribution in [3.05, 3.63) is 52.6 Å². The fourth-order valence-corrected chi connectivity index (χ4v) is 5.59. The Morgan fingerprint density at radius 1 is 0.765 bits per heavy atom. The van der Waals surface area contributed by atoms with E-state index in [9.17, 15) is 4.39 Å². The standard InChI is InChI=1S/C27H30F6O/c1-3-5-16-6-8-17(9-7-16)10-11-18-12-13-19-20-14-15-21(34-4-2)25(29)23(20)27(32,33)26(30,31)22(19)24(18)28/h12-17H,3-11H2,1-2H3. The summed E-state index contributed by atoms with van der Waals surface area (Å²) in [7, 11) is 0. The molecular formula is C27H30F6O. The lowest BCUT2D eigenvalue weighted by Gasteiger charge is -2.36. The van der Waals surface area contributed by atoms with Crippen LogP contribution in [0.15, 0.2) is 24.3 Å². The van der Waals surface area contributed by atoms with E-state index in [4.69, 9.17) is 4.74 Å². The first-order valence-corrected chi connectivity index (χ1v) is 12.2. The largest absolute Gasteiger partial charge is 0.491 e. The van der Waals surface area contributed by atoms with Gasteiger partial charge in [-0.3, -0.25) is 0 Å². The summed E-state index contributed by atoms with van der Waals surface area (Å²) in [6, 6.07) is 4.79. The third-order valence-electron chi connectivity index (χ3n) is 7.43. The van der Waals surface area contributed by atoms with Crippen molar-refractivity contribution in [3.63, 3.8) is 0 Å². The summed E-state index contributed by atoms with van der Waals surface area (Å²) in [4.78, 5) is 0. The summed E-state index contributed by atoms with van der Waals surface area (Å²) in [5, 5.41) is 0. The molecule has 0 saturated heterocycles. The number of alkyl halides is 4. The monoisotopic (exact) mass is 484 g/mol. The van der Waals surface area contributed by atoms with Crippen molar-refractivity contribution >= 4 is 0 Å². The zero-order valence-corrected chi connectivity index (χ0v) is 19.5. The average molecular weight is 485 g/mol. The molecule has 0 unspecified atom stereocenters. The minimum Gasteiger partial charge on any atom is -0.491 e. The third-order valence-corrected chi connectivity index (χ3v) is 7.43. The van der Waals surface area contributed by atoms with E-state index in [0.29, 0.717) is 18.3 Å². The van der Waals surface area contributed by atoms with Crippen LogP contribution in [-0.2, 0) is 18.3 Å².